The van der Waals surface area contributed by atoms with Crippen LogP contribution in [-0.2, 0) is 6.42 Å². The molecule has 0 saturated carbocycles. The van der Waals surface area contributed by atoms with Crippen molar-refractivity contribution in [3.63, 3.8) is 0 Å². The van der Waals surface area contributed by atoms with E-state index in [0.717, 1.165) is 18.7 Å². The van der Waals surface area contributed by atoms with Crippen LogP contribution in [0.2, 0.25) is 0 Å². The van der Waals surface area contributed by atoms with Crippen LogP contribution < -0.4 is 16.4 Å². The summed E-state index contributed by atoms with van der Waals surface area (Å²) in [6.07, 6.45) is 2.62. The molecule has 2 aromatic rings. The molecule has 0 aliphatic rings. The van der Waals surface area contributed by atoms with E-state index < -0.39 is 0 Å². The van der Waals surface area contributed by atoms with Crippen LogP contribution in [0.25, 0.3) is 0 Å². The highest BCUT2D eigenvalue weighted by atomic mass is 15.1. The van der Waals surface area contributed by atoms with Gasteiger partial charge in [-0.15, -0.1) is 0 Å². The Kier molecular flexibility index (Phi) is 6.95. The highest BCUT2D eigenvalue weighted by Gasteiger charge is 2.20. The Morgan fingerprint density at radius 2 is 1.88 bits per heavy atom. The Labute approximate surface area is 150 Å². The minimum absolute atomic E-state index is 0.150. The highest BCUT2D eigenvalue weighted by molar-refractivity contribution is 5.77. The number of benzene rings is 1. The second-order valence-electron chi connectivity index (χ2n) is 6.86. The van der Waals surface area contributed by atoms with Gasteiger partial charge in [-0.1, -0.05) is 36.4 Å². The van der Waals surface area contributed by atoms with Crippen LogP contribution in [0.5, 0.6) is 0 Å². The SMILES string of the molecule is CC(NC(C)(C)CN=C(N)NCCc1ccccn1)c1ccccc1. The van der Waals surface area contributed by atoms with Crippen molar-refractivity contribution in [1.82, 2.24) is 15.6 Å². The van der Waals surface area contributed by atoms with E-state index in [-0.39, 0.29) is 11.6 Å². The summed E-state index contributed by atoms with van der Waals surface area (Å²) in [5.74, 6) is 0.471. The number of hydrogen-bond acceptors (Lipinski definition) is 3. The number of guanidine groups is 1. The van der Waals surface area contributed by atoms with Crippen molar-refractivity contribution in [2.24, 2.45) is 10.7 Å². The standard InChI is InChI=1S/C20H29N5/c1-16(17-9-5-4-6-10-17)25-20(2,3)15-24-19(21)23-14-12-18-11-7-8-13-22-18/h4-11,13,16,25H,12,14-15H2,1-3H3,(H3,21,23,24). The van der Waals surface area contributed by atoms with Crippen LogP contribution >= 0.6 is 0 Å². The van der Waals surface area contributed by atoms with E-state index in [0.29, 0.717) is 12.5 Å². The van der Waals surface area contributed by atoms with Crippen molar-refractivity contribution in [3.05, 3.63) is 66.0 Å². The van der Waals surface area contributed by atoms with E-state index in [1.807, 2.05) is 24.3 Å². The molecule has 0 aliphatic carbocycles. The van der Waals surface area contributed by atoms with Crippen molar-refractivity contribution in [3.8, 4) is 0 Å². The van der Waals surface area contributed by atoms with Gasteiger partial charge in [-0.05, 0) is 38.5 Å². The molecule has 134 valence electrons. The lowest BCUT2D eigenvalue weighted by Gasteiger charge is -2.29. The molecule has 5 nitrogen and oxygen atoms in total. The largest absolute Gasteiger partial charge is 0.370 e. The first-order valence-corrected chi connectivity index (χ1v) is 8.73. The van der Waals surface area contributed by atoms with E-state index >= 15 is 0 Å². The van der Waals surface area contributed by atoms with Gasteiger partial charge in [0.1, 0.15) is 0 Å². The fraction of sp³-hybridized carbons (Fsp3) is 0.400. The molecule has 0 radical (unpaired) electrons. The zero-order valence-corrected chi connectivity index (χ0v) is 15.4. The summed E-state index contributed by atoms with van der Waals surface area (Å²) in [4.78, 5) is 8.77. The first kappa shape index (κ1) is 18.9. The minimum atomic E-state index is -0.150. The van der Waals surface area contributed by atoms with Gasteiger partial charge >= 0.3 is 0 Å². The zero-order valence-electron chi connectivity index (χ0n) is 15.4. The molecule has 4 N–H and O–H groups in total. The van der Waals surface area contributed by atoms with Crippen molar-refractivity contribution in [2.45, 2.75) is 38.8 Å². The third-order valence-corrected chi connectivity index (χ3v) is 3.96. The summed E-state index contributed by atoms with van der Waals surface area (Å²) in [7, 11) is 0. The molecule has 25 heavy (non-hydrogen) atoms. The maximum Gasteiger partial charge on any atom is 0.188 e. The van der Waals surface area contributed by atoms with Crippen molar-refractivity contribution >= 4 is 5.96 Å². The van der Waals surface area contributed by atoms with Crippen molar-refractivity contribution < 1.29 is 0 Å². The van der Waals surface area contributed by atoms with E-state index in [1.165, 1.54) is 5.56 Å². The summed E-state index contributed by atoms with van der Waals surface area (Å²) in [6.45, 7) is 7.76. The number of pyridine rings is 1. The fourth-order valence-corrected chi connectivity index (χ4v) is 2.66. The molecule has 0 spiro atoms. The third-order valence-electron chi connectivity index (χ3n) is 3.96. The third kappa shape index (κ3) is 6.93. The van der Waals surface area contributed by atoms with Gasteiger partial charge in [0.05, 0.1) is 6.54 Å². The first-order chi connectivity index (χ1) is 12.0. The molecule has 1 atom stereocenters. The maximum absolute atomic E-state index is 5.98. The van der Waals surface area contributed by atoms with Gasteiger partial charge in [-0.25, -0.2) is 0 Å². The molecule has 1 heterocycles. The van der Waals surface area contributed by atoms with Gasteiger partial charge in [0.25, 0.3) is 0 Å². The van der Waals surface area contributed by atoms with Gasteiger partial charge in [0.2, 0.25) is 0 Å². The summed E-state index contributed by atoms with van der Waals surface area (Å²) < 4.78 is 0. The highest BCUT2D eigenvalue weighted by Crippen LogP contribution is 2.16. The maximum atomic E-state index is 5.98. The smallest absolute Gasteiger partial charge is 0.188 e. The molecule has 1 unspecified atom stereocenters. The van der Waals surface area contributed by atoms with E-state index in [4.69, 9.17) is 5.73 Å². The molecule has 0 amide bonds. The predicted molar refractivity (Wildman–Crippen MR) is 105 cm³/mol. The number of aromatic nitrogens is 1. The molecule has 2 rings (SSSR count). The number of nitrogens with two attached hydrogens (primary N) is 1. The van der Waals surface area contributed by atoms with Gasteiger partial charge < -0.3 is 16.4 Å². The molecule has 5 heteroatoms. The normalized spacial score (nSPS) is 13.5. The molecule has 0 aliphatic heterocycles. The Balaban J connectivity index is 1.77. The van der Waals surface area contributed by atoms with Crippen LogP contribution in [0.15, 0.2) is 59.7 Å². The van der Waals surface area contributed by atoms with E-state index in [9.17, 15) is 0 Å². The molecule has 1 aromatic carbocycles. The summed E-state index contributed by atoms with van der Waals surface area (Å²) in [5.41, 5.74) is 8.14. The van der Waals surface area contributed by atoms with Gasteiger partial charge in [-0.3, -0.25) is 9.98 Å². The quantitative estimate of drug-likeness (QED) is 0.510. The molecule has 0 bridgehead atoms. The topological polar surface area (TPSA) is 75.3 Å². The average molecular weight is 339 g/mol. The van der Waals surface area contributed by atoms with Crippen molar-refractivity contribution in [2.75, 3.05) is 13.1 Å². The predicted octanol–water partition coefficient (Wildman–Crippen LogP) is 2.66. The van der Waals surface area contributed by atoms with Crippen molar-refractivity contribution in [1.29, 1.82) is 0 Å². The Bertz CT molecular complexity index is 652. The van der Waals surface area contributed by atoms with Gasteiger partial charge in [-0.2, -0.15) is 0 Å². The Morgan fingerprint density at radius 1 is 1.16 bits per heavy atom. The van der Waals surface area contributed by atoms with Crippen LogP contribution in [0.3, 0.4) is 0 Å². The average Bonchev–Trinajstić information content (AvgIpc) is 2.61. The van der Waals surface area contributed by atoms with Crippen LogP contribution in [0.1, 0.15) is 38.1 Å². The lowest BCUT2D eigenvalue weighted by Crippen LogP contribution is -2.45. The molecule has 0 saturated heterocycles. The van der Waals surface area contributed by atoms with Gasteiger partial charge in [0.15, 0.2) is 5.96 Å². The number of nitrogens with zero attached hydrogens (tertiary/aromatic N) is 2. The Hall–Kier alpha value is -2.40. The molecular formula is C20H29N5. The summed E-state index contributed by atoms with van der Waals surface area (Å²) >= 11 is 0. The molecular weight excluding hydrogens is 310 g/mol. The lowest BCUT2D eigenvalue weighted by atomic mass is 10.0. The number of aliphatic imine (C=N–C) groups is 1. The molecule has 0 fully saturated rings. The first-order valence-electron chi connectivity index (χ1n) is 8.73. The van der Waals surface area contributed by atoms with Crippen LogP contribution in [-0.4, -0.2) is 29.6 Å². The second-order valence-corrected chi connectivity index (χ2v) is 6.86. The number of nitrogens with one attached hydrogen (secondary N) is 2. The van der Waals surface area contributed by atoms with E-state index in [1.54, 1.807) is 6.20 Å². The Morgan fingerprint density at radius 3 is 2.56 bits per heavy atom. The van der Waals surface area contributed by atoms with E-state index in [2.05, 4.69) is 65.6 Å². The van der Waals surface area contributed by atoms with Crippen LogP contribution in [0, 0.1) is 0 Å². The van der Waals surface area contributed by atoms with Crippen LogP contribution in [0.4, 0.5) is 0 Å². The molecule has 1 aromatic heterocycles. The minimum Gasteiger partial charge on any atom is -0.370 e. The number of hydrogen-bond donors (Lipinski definition) is 3. The monoisotopic (exact) mass is 339 g/mol. The summed E-state index contributed by atoms with van der Waals surface area (Å²) in [5, 5.41) is 6.76. The second kappa shape index (κ2) is 9.18. The lowest BCUT2D eigenvalue weighted by molar-refractivity contribution is 0.357. The zero-order chi connectivity index (χ0) is 18.1. The summed E-state index contributed by atoms with van der Waals surface area (Å²) in [6, 6.07) is 16.6. The van der Waals surface area contributed by atoms with Gasteiger partial charge in [0, 0.05) is 36.4 Å². The fourth-order valence-electron chi connectivity index (χ4n) is 2.66. The number of rotatable bonds is 8.